The summed E-state index contributed by atoms with van der Waals surface area (Å²) in [4.78, 5) is 11.9. The van der Waals surface area contributed by atoms with Crippen LogP contribution in [0.2, 0.25) is 0 Å². The minimum Gasteiger partial charge on any atom is -0.480 e. The Bertz CT molecular complexity index is 399. The third kappa shape index (κ3) is 1.02. The average molecular weight is 218 g/mol. The van der Waals surface area contributed by atoms with Crippen molar-refractivity contribution in [3.05, 3.63) is 21.9 Å². The Balaban J connectivity index is 2.46. The van der Waals surface area contributed by atoms with Crippen LogP contribution in [-0.2, 0) is 10.2 Å². The van der Waals surface area contributed by atoms with E-state index in [4.69, 9.17) is 5.11 Å². The Hall–Kier alpha value is -0.970. The number of carboxylic acids is 1. The second-order valence-corrected chi connectivity index (χ2v) is 4.79. The normalized spacial score (nSPS) is 28.8. The lowest BCUT2D eigenvalue weighted by Gasteiger charge is -2.07. The largest absolute Gasteiger partial charge is 0.480 e. The van der Waals surface area contributed by atoms with Gasteiger partial charge >= 0.3 is 5.97 Å². The molecule has 0 bridgehead atoms. The first-order valence-electron chi connectivity index (χ1n) is 4.08. The summed E-state index contributed by atoms with van der Waals surface area (Å²) in [7, 11) is 0. The molecule has 1 aromatic heterocycles. The van der Waals surface area contributed by atoms with Crippen LogP contribution in [0.3, 0.4) is 0 Å². The van der Waals surface area contributed by atoms with Crippen molar-refractivity contribution in [1.29, 1.82) is 0 Å². The summed E-state index contributed by atoms with van der Waals surface area (Å²) in [6.45, 7) is 1.77. The van der Waals surface area contributed by atoms with Gasteiger partial charge in [0, 0.05) is 16.2 Å². The summed E-state index contributed by atoms with van der Waals surface area (Å²) in [6.07, 6.45) is -0.574. The van der Waals surface area contributed by atoms with Crippen LogP contribution in [0.5, 0.6) is 0 Å². The second-order valence-electron chi connectivity index (χ2n) is 3.50. The third-order valence-corrected chi connectivity index (χ3v) is 3.68. The SMILES string of the molecule is Cc1ccc(C2(C(=O)O)CC2(F)F)s1. The highest BCUT2D eigenvalue weighted by atomic mass is 32.1. The zero-order valence-corrected chi connectivity index (χ0v) is 8.20. The minimum absolute atomic E-state index is 0.257. The molecule has 1 saturated carbocycles. The summed E-state index contributed by atoms with van der Waals surface area (Å²) < 4.78 is 26.0. The van der Waals surface area contributed by atoms with Gasteiger partial charge in [-0.2, -0.15) is 0 Å². The Morgan fingerprint density at radius 2 is 2.14 bits per heavy atom. The Morgan fingerprint density at radius 3 is 2.43 bits per heavy atom. The van der Waals surface area contributed by atoms with Crippen molar-refractivity contribution in [2.75, 3.05) is 0 Å². The van der Waals surface area contributed by atoms with Gasteiger partial charge in [0.15, 0.2) is 5.41 Å². The van der Waals surface area contributed by atoms with Gasteiger partial charge in [0.05, 0.1) is 0 Å². The van der Waals surface area contributed by atoms with Crippen LogP contribution in [0.15, 0.2) is 12.1 Å². The average Bonchev–Trinajstić information content (AvgIpc) is 2.44. The van der Waals surface area contributed by atoms with E-state index in [1.165, 1.54) is 6.07 Å². The van der Waals surface area contributed by atoms with Gasteiger partial charge in [0.1, 0.15) is 0 Å². The van der Waals surface area contributed by atoms with E-state index in [2.05, 4.69) is 0 Å². The third-order valence-electron chi connectivity index (χ3n) is 2.51. The van der Waals surface area contributed by atoms with E-state index in [0.717, 1.165) is 16.2 Å². The van der Waals surface area contributed by atoms with E-state index in [1.54, 1.807) is 13.0 Å². The lowest BCUT2D eigenvalue weighted by atomic mass is 10.1. The highest BCUT2D eigenvalue weighted by molar-refractivity contribution is 7.12. The van der Waals surface area contributed by atoms with Gasteiger partial charge in [0.25, 0.3) is 5.92 Å². The summed E-state index contributed by atoms with van der Waals surface area (Å²) in [5.41, 5.74) is -1.94. The molecule has 0 amide bonds. The standard InChI is InChI=1S/C9H8F2O2S/c1-5-2-3-6(14-5)8(7(12)13)4-9(8,10)11/h2-3H,4H2,1H3,(H,12,13). The fraction of sp³-hybridized carbons (Fsp3) is 0.444. The molecule has 0 spiro atoms. The molecule has 14 heavy (non-hydrogen) atoms. The molecule has 5 heteroatoms. The molecular formula is C9H8F2O2S. The van der Waals surface area contributed by atoms with Gasteiger partial charge in [0.2, 0.25) is 0 Å². The fourth-order valence-electron chi connectivity index (χ4n) is 1.56. The molecule has 1 aliphatic rings. The number of carboxylic acid groups (broad SMARTS) is 1. The van der Waals surface area contributed by atoms with Gasteiger partial charge in [-0.15, -0.1) is 11.3 Å². The first-order valence-corrected chi connectivity index (χ1v) is 4.90. The molecule has 0 aromatic carbocycles. The molecule has 1 N–H and O–H groups in total. The number of carbonyl (C=O) groups is 1. The Labute approximate surface area is 83.2 Å². The van der Waals surface area contributed by atoms with Crippen LogP contribution in [0.25, 0.3) is 0 Å². The van der Waals surface area contributed by atoms with Crippen LogP contribution in [0.4, 0.5) is 8.78 Å². The Morgan fingerprint density at radius 1 is 1.57 bits per heavy atom. The van der Waals surface area contributed by atoms with E-state index < -0.39 is 23.7 Å². The lowest BCUT2D eigenvalue weighted by Crippen LogP contribution is -2.25. The summed E-state index contributed by atoms with van der Waals surface area (Å²) in [5, 5.41) is 8.83. The number of thiophene rings is 1. The molecular weight excluding hydrogens is 210 g/mol. The maximum Gasteiger partial charge on any atom is 0.321 e. The van der Waals surface area contributed by atoms with Crippen LogP contribution >= 0.6 is 11.3 Å². The molecule has 1 unspecified atom stereocenters. The predicted molar refractivity (Wildman–Crippen MR) is 47.9 cm³/mol. The number of aliphatic carboxylic acids is 1. The second kappa shape index (κ2) is 2.53. The molecule has 1 heterocycles. The van der Waals surface area contributed by atoms with E-state index in [0.29, 0.717) is 0 Å². The maximum atomic E-state index is 13.0. The molecule has 1 aromatic rings. The van der Waals surface area contributed by atoms with E-state index in [-0.39, 0.29) is 4.88 Å². The number of alkyl halides is 2. The maximum absolute atomic E-state index is 13.0. The van der Waals surface area contributed by atoms with Crippen LogP contribution in [0, 0.1) is 6.92 Å². The van der Waals surface area contributed by atoms with Crippen LogP contribution in [0.1, 0.15) is 16.2 Å². The van der Waals surface area contributed by atoms with Crippen molar-refractivity contribution in [2.24, 2.45) is 0 Å². The van der Waals surface area contributed by atoms with Crippen LogP contribution < -0.4 is 0 Å². The van der Waals surface area contributed by atoms with Gasteiger partial charge < -0.3 is 5.11 Å². The first kappa shape index (κ1) is 9.58. The smallest absolute Gasteiger partial charge is 0.321 e. The van der Waals surface area contributed by atoms with Gasteiger partial charge in [-0.25, -0.2) is 8.78 Å². The van der Waals surface area contributed by atoms with Crippen molar-refractivity contribution in [3.63, 3.8) is 0 Å². The van der Waals surface area contributed by atoms with Gasteiger partial charge in [-0.3, -0.25) is 4.79 Å². The van der Waals surface area contributed by atoms with E-state index in [9.17, 15) is 13.6 Å². The number of rotatable bonds is 2. The minimum atomic E-state index is -3.09. The zero-order valence-electron chi connectivity index (χ0n) is 7.38. The quantitative estimate of drug-likeness (QED) is 0.827. The van der Waals surface area contributed by atoms with Crippen molar-refractivity contribution >= 4 is 17.3 Å². The van der Waals surface area contributed by atoms with Crippen molar-refractivity contribution in [2.45, 2.75) is 24.7 Å². The Kier molecular flexibility index (Phi) is 1.73. The van der Waals surface area contributed by atoms with Crippen molar-refractivity contribution < 1.29 is 18.7 Å². The lowest BCUT2D eigenvalue weighted by molar-refractivity contribution is -0.142. The number of hydrogen-bond acceptors (Lipinski definition) is 2. The van der Waals surface area contributed by atoms with Crippen molar-refractivity contribution in [1.82, 2.24) is 0 Å². The molecule has 0 aliphatic heterocycles. The van der Waals surface area contributed by atoms with E-state index in [1.807, 2.05) is 0 Å². The fourth-order valence-corrected chi connectivity index (χ4v) is 2.66. The van der Waals surface area contributed by atoms with Crippen LogP contribution in [-0.4, -0.2) is 17.0 Å². The molecule has 0 saturated heterocycles. The molecule has 2 nitrogen and oxygen atoms in total. The number of aryl methyl sites for hydroxylation is 1. The zero-order chi connectivity index (χ0) is 10.6. The number of halogens is 2. The van der Waals surface area contributed by atoms with Gasteiger partial charge in [-0.1, -0.05) is 0 Å². The first-order chi connectivity index (χ1) is 6.40. The molecule has 1 atom stereocenters. The topological polar surface area (TPSA) is 37.3 Å². The molecule has 1 aliphatic carbocycles. The van der Waals surface area contributed by atoms with Crippen molar-refractivity contribution in [3.8, 4) is 0 Å². The number of hydrogen-bond donors (Lipinski definition) is 1. The summed E-state index contributed by atoms with van der Waals surface area (Å²) in [5.74, 6) is -4.51. The van der Waals surface area contributed by atoms with Gasteiger partial charge in [-0.05, 0) is 19.1 Å². The summed E-state index contributed by atoms with van der Waals surface area (Å²) in [6, 6.07) is 3.15. The summed E-state index contributed by atoms with van der Waals surface area (Å²) >= 11 is 1.13. The van der Waals surface area contributed by atoms with E-state index >= 15 is 0 Å². The highest BCUT2D eigenvalue weighted by Crippen LogP contribution is 2.62. The monoisotopic (exact) mass is 218 g/mol. The predicted octanol–water partition coefficient (Wildman–Crippen LogP) is 2.42. The molecule has 0 radical (unpaired) electrons. The molecule has 1 fully saturated rings. The molecule has 76 valence electrons. The highest BCUT2D eigenvalue weighted by Gasteiger charge is 2.78. The molecule has 2 rings (SSSR count).